The average Bonchev–Trinajstić information content (AvgIpc) is 3.38. The van der Waals surface area contributed by atoms with Gasteiger partial charge in [-0.15, -0.1) is 0 Å². The predicted octanol–water partition coefficient (Wildman–Crippen LogP) is 4.48. The maximum Gasteiger partial charge on any atom is 0.295 e. The van der Waals surface area contributed by atoms with E-state index in [4.69, 9.17) is 16.0 Å². The van der Waals surface area contributed by atoms with Crippen LogP contribution in [0, 0.1) is 0 Å². The molecule has 0 spiro atoms. The number of fused-ring (bicyclic) bond motifs is 1. The summed E-state index contributed by atoms with van der Waals surface area (Å²) in [4.78, 5) is 24.1. The fourth-order valence-electron chi connectivity index (χ4n) is 2.65. The Morgan fingerprint density at radius 3 is 2.81 bits per heavy atom. The Morgan fingerprint density at radius 2 is 2.04 bits per heavy atom. The zero-order valence-electron chi connectivity index (χ0n) is 13.7. The van der Waals surface area contributed by atoms with Gasteiger partial charge in [-0.05, 0) is 42.8 Å². The highest BCUT2D eigenvalue weighted by Gasteiger charge is 2.23. The van der Waals surface area contributed by atoms with Crippen LogP contribution in [0.4, 0.5) is 5.13 Å². The second kappa shape index (κ2) is 7.31. The molecule has 4 aromatic rings. The number of hydrogen-bond acceptors (Lipinski definition) is 5. The SMILES string of the molecule is O=C(c1ccco1)N(CCCn1cccc1)c1nc2ccc(Cl)nc2s1. The van der Waals surface area contributed by atoms with E-state index < -0.39 is 0 Å². The Labute approximate surface area is 158 Å². The number of halogens is 1. The summed E-state index contributed by atoms with van der Waals surface area (Å²) < 4.78 is 7.37. The van der Waals surface area contributed by atoms with Gasteiger partial charge in [0.15, 0.2) is 10.9 Å². The number of rotatable bonds is 6. The van der Waals surface area contributed by atoms with Crippen molar-refractivity contribution in [3.8, 4) is 0 Å². The molecule has 0 aliphatic carbocycles. The summed E-state index contributed by atoms with van der Waals surface area (Å²) in [5.41, 5.74) is 0.719. The van der Waals surface area contributed by atoms with Crippen LogP contribution >= 0.6 is 22.9 Å². The first-order valence-electron chi connectivity index (χ1n) is 8.10. The molecule has 26 heavy (non-hydrogen) atoms. The van der Waals surface area contributed by atoms with Crippen molar-refractivity contribution in [3.05, 3.63) is 66.0 Å². The maximum atomic E-state index is 12.9. The molecule has 0 atom stereocenters. The second-order valence-electron chi connectivity index (χ2n) is 5.66. The molecule has 8 heteroatoms. The molecule has 0 aliphatic heterocycles. The minimum absolute atomic E-state index is 0.215. The van der Waals surface area contributed by atoms with Crippen LogP contribution in [0.3, 0.4) is 0 Å². The summed E-state index contributed by atoms with van der Waals surface area (Å²) in [6.07, 6.45) is 6.28. The summed E-state index contributed by atoms with van der Waals surface area (Å²) in [7, 11) is 0. The van der Waals surface area contributed by atoms with E-state index in [9.17, 15) is 4.79 Å². The summed E-state index contributed by atoms with van der Waals surface area (Å²) in [5.74, 6) is 0.0730. The molecule has 6 nitrogen and oxygen atoms in total. The predicted molar refractivity (Wildman–Crippen MR) is 102 cm³/mol. The van der Waals surface area contributed by atoms with Crippen LogP contribution in [-0.2, 0) is 6.54 Å². The normalized spacial score (nSPS) is 11.1. The van der Waals surface area contributed by atoms with Crippen LogP contribution in [0.25, 0.3) is 10.3 Å². The molecule has 0 saturated heterocycles. The standard InChI is InChI=1S/C18H15ClN4O2S/c19-15-7-6-13-16(21-15)26-18(20-13)23(17(24)14-5-3-12-25-14)11-4-10-22-8-1-2-9-22/h1-3,5-9,12H,4,10-11H2. The summed E-state index contributed by atoms with van der Waals surface area (Å²) in [5, 5.41) is 0.993. The monoisotopic (exact) mass is 386 g/mol. The lowest BCUT2D eigenvalue weighted by Gasteiger charge is -2.18. The molecule has 1 amide bonds. The molecule has 0 aliphatic rings. The van der Waals surface area contributed by atoms with Gasteiger partial charge in [0, 0.05) is 25.5 Å². The van der Waals surface area contributed by atoms with Gasteiger partial charge >= 0.3 is 0 Å². The number of amides is 1. The van der Waals surface area contributed by atoms with Crippen molar-refractivity contribution in [2.45, 2.75) is 13.0 Å². The van der Waals surface area contributed by atoms with Crippen molar-refractivity contribution >= 4 is 44.3 Å². The van der Waals surface area contributed by atoms with Gasteiger partial charge in [0.2, 0.25) is 0 Å². The van der Waals surface area contributed by atoms with E-state index in [1.54, 1.807) is 29.2 Å². The summed E-state index contributed by atoms with van der Waals surface area (Å²) in [6, 6.07) is 10.8. The Kier molecular flexibility index (Phi) is 4.73. The van der Waals surface area contributed by atoms with Gasteiger partial charge < -0.3 is 8.98 Å². The third-order valence-corrected chi connectivity index (χ3v) is 5.08. The molecule has 132 valence electrons. The Balaban J connectivity index is 1.61. The maximum absolute atomic E-state index is 12.9. The number of carbonyl (C=O) groups excluding carboxylic acids is 1. The van der Waals surface area contributed by atoms with Crippen molar-refractivity contribution in [2.75, 3.05) is 11.4 Å². The summed E-state index contributed by atoms with van der Waals surface area (Å²) in [6.45, 7) is 1.33. The van der Waals surface area contributed by atoms with E-state index in [1.807, 2.05) is 24.5 Å². The van der Waals surface area contributed by atoms with E-state index in [2.05, 4.69) is 14.5 Å². The van der Waals surface area contributed by atoms with Gasteiger partial charge in [-0.1, -0.05) is 22.9 Å². The molecule has 0 N–H and O–H groups in total. The molecule has 0 fully saturated rings. The van der Waals surface area contributed by atoms with Gasteiger partial charge in [0.25, 0.3) is 5.91 Å². The zero-order valence-corrected chi connectivity index (χ0v) is 15.3. The number of aryl methyl sites for hydroxylation is 1. The minimum Gasteiger partial charge on any atom is -0.459 e. The average molecular weight is 387 g/mol. The van der Waals surface area contributed by atoms with E-state index in [-0.39, 0.29) is 11.7 Å². The van der Waals surface area contributed by atoms with Crippen LogP contribution in [0.2, 0.25) is 5.15 Å². The van der Waals surface area contributed by atoms with Crippen molar-refractivity contribution in [3.63, 3.8) is 0 Å². The van der Waals surface area contributed by atoms with Crippen LogP contribution < -0.4 is 4.90 Å². The van der Waals surface area contributed by atoms with Crippen molar-refractivity contribution in [1.29, 1.82) is 0 Å². The van der Waals surface area contributed by atoms with Crippen LogP contribution in [0.1, 0.15) is 17.0 Å². The quantitative estimate of drug-likeness (QED) is 0.458. The highest BCUT2D eigenvalue weighted by molar-refractivity contribution is 7.22. The lowest BCUT2D eigenvalue weighted by atomic mass is 10.3. The molecular formula is C18H15ClN4O2S. The van der Waals surface area contributed by atoms with Gasteiger partial charge in [0.05, 0.1) is 6.26 Å². The summed E-state index contributed by atoms with van der Waals surface area (Å²) >= 11 is 7.30. The van der Waals surface area contributed by atoms with Crippen LogP contribution in [0.15, 0.2) is 59.5 Å². The number of hydrogen-bond donors (Lipinski definition) is 0. The lowest BCUT2D eigenvalue weighted by molar-refractivity contribution is 0.0959. The number of nitrogens with zero attached hydrogens (tertiary/aromatic N) is 4. The number of furan rings is 1. The molecule has 0 radical (unpaired) electrons. The highest BCUT2D eigenvalue weighted by atomic mass is 35.5. The van der Waals surface area contributed by atoms with Gasteiger partial charge in [0.1, 0.15) is 15.5 Å². The zero-order chi connectivity index (χ0) is 17.9. The second-order valence-corrected chi connectivity index (χ2v) is 7.01. The number of pyridine rings is 1. The lowest BCUT2D eigenvalue weighted by Crippen LogP contribution is -2.32. The smallest absolute Gasteiger partial charge is 0.295 e. The van der Waals surface area contributed by atoms with Gasteiger partial charge in [-0.3, -0.25) is 9.69 Å². The molecule has 4 aromatic heterocycles. The Hall–Kier alpha value is -2.64. The van der Waals surface area contributed by atoms with Crippen LogP contribution in [0.5, 0.6) is 0 Å². The van der Waals surface area contributed by atoms with Gasteiger partial charge in [-0.25, -0.2) is 9.97 Å². The Bertz CT molecular complexity index is 1010. The van der Waals surface area contributed by atoms with Crippen LogP contribution in [-0.4, -0.2) is 27.0 Å². The van der Waals surface area contributed by atoms with Crippen molar-refractivity contribution in [1.82, 2.24) is 14.5 Å². The first kappa shape index (κ1) is 16.8. The molecule has 0 aromatic carbocycles. The topological polar surface area (TPSA) is 64.2 Å². The third kappa shape index (κ3) is 3.49. The molecular weight excluding hydrogens is 372 g/mol. The molecule has 0 bridgehead atoms. The molecule has 0 unspecified atom stereocenters. The fourth-order valence-corrected chi connectivity index (χ4v) is 3.81. The molecule has 0 saturated carbocycles. The Morgan fingerprint density at radius 1 is 1.19 bits per heavy atom. The van der Waals surface area contributed by atoms with Crippen molar-refractivity contribution in [2.24, 2.45) is 0 Å². The molecule has 4 heterocycles. The van der Waals surface area contributed by atoms with E-state index in [0.717, 1.165) is 18.5 Å². The number of carbonyl (C=O) groups is 1. The van der Waals surface area contributed by atoms with E-state index in [1.165, 1.54) is 17.6 Å². The molecule has 4 rings (SSSR count). The third-order valence-electron chi connectivity index (χ3n) is 3.88. The van der Waals surface area contributed by atoms with Gasteiger partial charge in [-0.2, -0.15) is 0 Å². The number of anilines is 1. The number of aromatic nitrogens is 3. The first-order chi connectivity index (χ1) is 12.7. The largest absolute Gasteiger partial charge is 0.459 e. The van der Waals surface area contributed by atoms with E-state index in [0.29, 0.717) is 21.7 Å². The first-order valence-corrected chi connectivity index (χ1v) is 9.29. The van der Waals surface area contributed by atoms with Crippen molar-refractivity contribution < 1.29 is 9.21 Å². The highest BCUT2D eigenvalue weighted by Crippen LogP contribution is 2.29. The fraction of sp³-hybridized carbons (Fsp3) is 0.167. The number of thiazole rings is 1. The van der Waals surface area contributed by atoms with E-state index >= 15 is 0 Å². The minimum atomic E-state index is -0.215.